The van der Waals surface area contributed by atoms with Crippen molar-refractivity contribution in [2.45, 2.75) is 38.1 Å². The Morgan fingerprint density at radius 2 is 2.11 bits per heavy atom. The molecule has 0 atom stereocenters. The molecule has 6 heteroatoms. The van der Waals surface area contributed by atoms with Crippen LogP contribution in [0.5, 0.6) is 0 Å². The SMILES string of the molecule is OCCCNc1ncnc2c1ncn2C1CCCC1. The molecule has 2 heterocycles. The number of nitrogens with zero attached hydrogens (tertiary/aromatic N) is 4. The molecule has 0 aliphatic heterocycles. The Labute approximate surface area is 111 Å². The number of aromatic nitrogens is 4. The van der Waals surface area contributed by atoms with Gasteiger partial charge >= 0.3 is 0 Å². The summed E-state index contributed by atoms with van der Waals surface area (Å²) in [5, 5.41) is 12.0. The molecule has 3 rings (SSSR count). The fourth-order valence-electron chi connectivity index (χ4n) is 2.72. The van der Waals surface area contributed by atoms with Crippen LogP contribution < -0.4 is 5.32 Å². The first kappa shape index (κ1) is 12.3. The van der Waals surface area contributed by atoms with Crippen molar-refractivity contribution in [3.05, 3.63) is 12.7 Å². The van der Waals surface area contributed by atoms with Crippen molar-refractivity contribution >= 4 is 17.0 Å². The van der Waals surface area contributed by atoms with Crippen LogP contribution in [-0.4, -0.2) is 37.8 Å². The summed E-state index contributed by atoms with van der Waals surface area (Å²) in [7, 11) is 0. The molecule has 0 saturated heterocycles. The Morgan fingerprint density at radius 3 is 2.89 bits per heavy atom. The van der Waals surface area contributed by atoms with Crippen LogP contribution in [0.15, 0.2) is 12.7 Å². The first-order chi connectivity index (χ1) is 9.40. The molecule has 102 valence electrons. The molecular weight excluding hydrogens is 242 g/mol. The molecule has 0 amide bonds. The van der Waals surface area contributed by atoms with E-state index in [1.54, 1.807) is 6.33 Å². The number of rotatable bonds is 5. The highest BCUT2D eigenvalue weighted by Gasteiger charge is 2.20. The van der Waals surface area contributed by atoms with Gasteiger partial charge in [0.1, 0.15) is 11.8 Å². The van der Waals surface area contributed by atoms with Gasteiger partial charge in [0.05, 0.1) is 6.33 Å². The molecule has 0 radical (unpaired) electrons. The van der Waals surface area contributed by atoms with E-state index < -0.39 is 0 Å². The van der Waals surface area contributed by atoms with Crippen LogP contribution in [0.4, 0.5) is 5.82 Å². The summed E-state index contributed by atoms with van der Waals surface area (Å²) in [6, 6.07) is 0.533. The van der Waals surface area contributed by atoms with E-state index in [1.807, 2.05) is 6.33 Å². The second-order valence-electron chi connectivity index (χ2n) is 4.99. The van der Waals surface area contributed by atoms with Gasteiger partial charge in [-0.05, 0) is 19.3 Å². The van der Waals surface area contributed by atoms with Gasteiger partial charge in [-0.3, -0.25) is 0 Å². The molecule has 2 N–H and O–H groups in total. The second kappa shape index (κ2) is 5.52. The predicted octanol–water partition coefficient (Wildman–Crippen LogP) is 1.74. The summed E-state index contributed by atoms with van der Waals surface area (Å²) in [6.07, 6.45) is 9.16. The van der Waals surface area contributed by atoms with Crippen LogP contribution >= 0.6 is 0 Å². The molecule has 19 heavy (non-hydrogen) atoms. The minimum atomic E-state index is 0.178. The van der Waals surface area contributed by atoms with Crippen molar-refractivity contribution in [3.63, 3.8) is 0 Å². The zero-order valence-corrected chi connectivity index (χ0v) is 10.9. The van der Waals surface area contributed by atoms with Gasteiger partial charge in [-0.1, -0.05) is 12.8 Å². The molecule has 1 saturated carbocycles. The normalized spacial score (nSPS) is 16.3. The molecule has 1 fully saturated rings. The third kappa shape index (κ3) is 2.40. The zero-order chi connectivity index (χ0) is 13.1. The molecule has 2 aromatic heterocycles. The highest BCUT2D eigenvalue weighted by Crippen LogP contribution is 2.32. The molecular formula is C13H19N5O. The van der Waals surface area contributed by atoms with Crippen molar-refractivity contribution in [2.24, 2.45) is 0 Å². The van der Waals surface area contributed by atoms with Crippen molar-refractivity contribution in [2.75, 3.05) is 18.5 Å². The van der Waals surface area contributed by atoms with Crippen LogP contribution in [0.25, 0.3) is 11.2 Å². The van der Waals surface area contributed by atoms with Crippen molar-refractivity contribution in [1.29, 1.82) is 0 Å². The van der Waals surface area contributed by atoms with Crippen molar-refractivity contribution in [1.82, 2.24) is 19.5 Å². The minimum absolute atomic E-state index is 0.178. The van der Waals surface area contributed by atoms with E-state index in [0.29, 0.717) is 19.0 Å². The van der Waals surface area contributed by atoms with E-state index in [4.69, 9.17) is 5.11 Å². The lowest BCUT2D eigenvalue weighted by Gasteiger charge is -2.11. The number of imidazole rings is 1. The third-order valence-electron chi connectivity index (χ3n) is 3.70. The Hall–Kier alpha value is -1.69. The fourth-order valence-corrected chi connectivity index (χ4v) is 2.72. The smallest absolute Gasteiger partial charge is 0.165 e. The number of anilines is 1. The van der Waals surface area contributed by atoms with E-state index in [1.165, 1.54) is 25.7 Å². The van der Waals surface area contributed by atoms with Crippen LogP contribution in [0, 0.1) is 0 Å². The van der Waals surface area contributed by atoms with Gasteiger partial charge in [0.25, 0.3) is 0 Å². The van der Waals surface area contributed by atoms with Gasteiger partial charge in [-0.2, -0.15) is 0 Å². The number of fused-ring (bicyclic) bond motifs is 1. The summed E-state index contributed by atoms with van der Waals surface area (Å²) in [6.45, 7) is 0.872. The number of aliphatic hydroxyl groups excluding tert-OH is 1. The summed E-state index contributed by atoms with van der Waals surface area (Å²) in [4.78, 5) is 13.1. The van der Waals surface area contributed by atoms with Gasteiger partial charge in [0, 0.05) is 19.2 Å². The molecule has 6 nitrogen and oxygen atoms in total. The molecule has 0 aromatic carbocycles. The van der Waals surface area contributed by atoms with Crippen LogP contribution in [-0.2, 0) is 0 Å². The van der Waals surface area contributed by atoms with Gasteiger partial charge < -0.3 is 15.0 Å². The lowest BCUT2D eigenvalue weighted by atomic mass is 10.2. The van der Waals surface area contributed by atoms with E-state index in [9.17, 15) is 0 Å². The fraction of sp³-hybridized carbons (Fsp3) is 0.615. The number of aliphatic hydroxyl groups is 1. The van der Waals surface area contributed by atoms with Crippen molar-refractivity contribution in [3.8, 4) is 0 Å². The van der Waals surface area contributed by atoms with Crippen LogP contribution in [0.2, 0.25) is 0 Å². The molecule has 0 unspecified atom stereocenters. The molecule has 0 spiro atoms. The Kier molecular flexibility index (Phi) is 3.59. The first-order valence-electron chi connectivity index (χ1n) is 6.92. The summed E-state index contributed by atoms with van der Waals surface area (Å²) >= 11 is 0. The Balaban J connectivity index is 1.88. The average Bonchev–Trinajstić information content (AvgIpc) is 3.07. The lowest BCUT2D eigenvalue weighted by molar-refractivity contribution is 0.292. The standard InChI is InChI=1S/C13H19N5O/c19-7-3-6-14-12-11-13(16-8-15-12)18(9-17-11)10-4-1-2-5-10/h8-10,19H,1-7H2,(H,14,15,16). The van der Waals surface area contributed by atoms with E-state index in [-0.39, 0.29) is 6.61 Å². The molecule has 2 aromatic rings. The maximum Gasteiger partial charge on any atom is 0.165 e. The number of hydrogen-bond acceptors (Lipinski definition) is 5. The molecule has 0 bridgehead atoms. The molecule has 1 aliphatic carbocycles. The summed E-state index contributed by atoms with van der Waals surface area (Å²) in [5.41, 5.74) is 1.74. The van der Waals surface area contributed by atoms with Gasteiger partial charge in [-0.25, -0.2) is 15.0 Å². The van der Waals surface area contributed by atoms with Gasteiger partial charge in [0.15, 0.2) is 11.5 Å². The highest BCUT2D eigenvalue weighted by atomic mass is 16.3. The van der Waals surface area contributed by atoms with Gasteiger partial charge in [-0.15, -0.1) is 0 Å². The predicted molar refractivity (Wildman–Crippen MR) is 73.0 cm³/mol. The van der Waals surface area contributed by atoms with E-state index in [2.05, 4.69) is 24.8 Å². The Morgan fingerprint density at radius 1 is 1.26 bits per heavy atom. The highest BCUT2D eigenvalue weighted by molar-refractivity contribution is 5.82. The molecule has 1 aliphatic rings. The van der Waals surface area contributed by atoms with Crippen molar-refractivity contribution < 1.29 is 5.11 Å². The Bertz CT molecular complexity index is 547. The largest absolute Gasteiger partial charge is 0.396 e. The summed E-state index contributed by atoms with van der Waals surface area (Å²) in [5.74, 6) is 0.759. The van der Waals surface area contributed by atoms with E-state index in [0.717, 1.165) is 17.0 Å². The maximum absolute atomic E-state index is 8.81. The first-order valence-corrected chi connectivity index (χ1v) is 6.92. The van der Waals surface area contributed by atoms with Gasteiger partial charge in [0.2, 0.25) is 0 Å². The quantitative estimate of drug-likeness (QED) is 0.802. The number of nitrogens with one attached hydrogen (secondary N) is 1. The maximum atomic E-state index is 8.81. The lowest BCUT2D eigenvalue weighted by Crippen LogP contribution is -2.07. The van der Waals surface area contributed by atoms with Crippen LogP contribution in [0.1, 0.15) is 38.1 Å². The third-order valence-corrected chi connectivity index (χ3v) is 3.70. The topological polar surface area (TPSA) is 75.9 Å². The summed E-state index contributed by atoms with van der Waals surface area (Å²) < 4.78 is 2.18. The second-order valence-corrected chi connectivity index (χ2v) is 4.99. The zero-order valence-electron chi connectivity index (χ0n) is 10.9. The van der Waals surface area contributed by atoms with Crippen LogP contribution in [0.3, 0.4) is 0 Å². The monoisotopic (exact) mass is 261 g/mol. The van der Waals surface area contributed by atoms with E-state index >= 15 is 0 Å². The minimum Gasteiger partial charge on any atom is -0.396 e. The number of hydrogen-bond donors (Lipinski definition) is 2. The average molecular weight is 261 g/mol.